The molecule has 0 radical (unpaired) electrons. The van der Waals surface area contributed by atoms with Crippen LogP contribution < -0.4 is 0 Å². The highest BCUT2D eigenvalue weighted by Crippen LogP contribution is 2.43. The average molecular weight is 252 g/mol. The van der Waals surface area contributed by atoms with Crippen molar-refractivity contribution in [2.24, 2.45) is 5.92 Å². The van der Waals surface area contributed by atoms with Gasteiger partial charge in [-0.25, -0.2) is 4.39 Å². The van der Waals surface area contributed by atoms with Crippen molar-refractivity contribution in [1.29, 1.82) is 0 Å². The van der Waals surface area contributed by atoms with E-state index in [0.717, 1.165) is 19.3 Å². The molecular weight excluding hydrogens is 231 g/mol. The summed E-state index contributed by atoms with van der Waals surface area (Å²) < 4.78 is 18.9. The molecule has 1 fully saturated rings. The lowest BCUT2D eigenvalue weighted by Gasteiger charge is -2.42. The fourth-order valence-electron chi connectivity index (χ4n) is 3.07. The van der Waals surface area contributed by atoms with E-state index < -0.39 is 11.7 Å². The van der Waals surface area contributed by atoms with Gasteiger partial charge in [-0.05, 0) is 36.5 Å². The monoisotopic (exact) mass is 252 g/mol. The highest BCUT2D eigenvalue weighted by Gasteiger charge is 2.42. The predicted octanol–water partition coefficient (Wildman–Crippen LogP) is 3.45. The molecule has 0 amide bonds. The lowest BCUT2D eigenvalue weighted by atomic mass is 9.74. The maximum absolute atomic E-state index is 13.2. The molecule has 100 valence electrons. The Kier molecular flexibility index (Phi) is 4.03. The zero-order valence-corrected chi connectivity index (χ0v) is 11.0. The molecule has 1 aliphatic rings. The van der Waals surface area contributed by atoms with Gasteiger partial charge in [0.1, 0.15) is 11.9 Å². The Balaban J connectivity index is 2.26. The van der Waals surface area contributed by atoms with E-state index >= 15 is 0 Å². The maximum atomic E-state index is 13.2. The average Bonchev–Trinajstić information content (AvgIpc) is 2.37. The third kappa shape index (κ3) is 2.57. The largest absolute Gasteiger partial charge is 0.385 e. The molecule has 2 nitrogen and oxygen atoms in total. The number of ether oxygens (including phenoxy) is 1. The summed E-state index contributed by atoms with van der Waals surface area (Å²) in [6.07, 6.45) is 3.09. The number of benzene rings is 1. The Morgan fingerprint density at radius 1 is 1.50 bits per heavy atom. The molecule has 2 rings (SSSR count). The Morgan fingerprint density at radius 2 is 2.28 bits per heavy atom. The summed E-state index contributed by atoms with van der Waals surface area (Å²) in [5.41, 5.74) is 0.0387. The van der Waals surface area contributed by atoms with Gasteiger partial charge in [-0.15, -0.1) is 0 Å². The first-order valence-corrected chi connectivity index (χ1v) is 6.56. The number of rotatable bonds is 3. The molecule has 1 N–H and O–H groups in total. The third-order valence-electron chi connectivity index (χ3n) is 4.06. The number of aliphatic hydroxyl groups excluding tert-OH is 1. The van der Waals surface area contributed by atoms with E-state index in [9.17, 15) is 9.50 Å². The molecule has 18 heavy (non-hydrogen) atoms. The van der Waals surface area contributed by atoms with Gasteiger partial charge >= 0.3 is 0 Å². The minimum absolute atomic E-state index is 0.318. The smallest absolute Gasteiger partial charge is 0.123 e. The normalized spacial score (nSPS) is 30.1. The molecule has 1 aromatic carbocycles. The van der Waals surface area contributed by atoms with Gasteiger partial charge in [-0.3, -0.25) is 0 Å². The molecule has 0 bridgehead atoms. The van der Waals surface area contributed by atoms with Crippen LogP contribution in [0.5, 0.6) is 0 Å². The highest BCUT2D eigenvalue weighted by atomic mass is 19.1. The zero-order chi connectivity index (χ0) is 13.2. The topological polar surface area (TPSA) is 29.5 Å². The second-order valence-electron chi connectivity index (χ2n) is 5.43. The number of methoxy groups -OCH3 is 1. The van der Waals surface area contributed by atoms with Crippen LogP contribution in [-0.2, 0) is 4.74 Å². The molecule has 0 heterocycles. The Labute approximate surface area is 108 Å². The van der Waals surface area contributed by atoms with Crippen molar-refractivity contribution in [1.82, 2.24) is 0 Å². The van der Waals surface area contributed by atoms with Crippen LogP contribution in [0, 0.1) is 11.7 Å². The fourth-order valence-corrected chi connectivity index (χ4v) is 3.07. The van der Waals surface area contributed by atoms with Crippen molar-refractivity contribution >= 4 is 0 Å². The molecule has 0 aromatic heterocycles. The SMILES string of the molecule is COC1(C(O)c2cccc(F)c2)CCCC(C)C1. The van der Waals surface area contributed by atoms with Crippen molar-refractivity contribution in [3.63, 3.8) is 0 Å². The Morgan fingerprint density at radius 3 is 2.89 bits per heavy atom. The van der Waals surface area contributed by atoms with Gasteiger partial charge in [-0.2, -0.15) is 0 Å². The molecule has 3 atom stereocenters. The van der Waals surface area contributed by atoms with Crippen LogP contribution in [-0.4, -0.2) is 17.8 Å². The first-order valence-electron chi connectivity index (χ1n) is 6.56. The van der Waals surface area contributed by atoms with Crippen molar-refractivity contribution in [2.75, 3.05) is 7.11 Å². The van der Waals surface area contributed by atoms with Crippen LogP contribution in [0.15, 0.2) is 24.3 Å². The maximum Gasteiger partial charge on any atom is 0.123 e. The summed E-state index contributed by atoms with van der Waals surface area (Å²) >= 11 is 0. The first-order chi connectivity index (χ1) is 8.57. The van der Waals surface area contributed by atoms with Gasteiger partial charge in [-0.1, -0.05) is 31.9 Å². The molecule has 0 spiro atoms. The minimum atomic E-state index is -0.763. The zero-order valence-electron chi connectivity index (χ0n) is 11.0. The number of hydrogen-bond acceptors (Lipinski definition) is 2. The van der Waals surface area contributed by atoms with Gasteiger partial charge in [0.25, 0.3) is 0 Å². The fraction of sp³-hybridized carbons (Fsp3) is 0.600. The summed E-state index contributed by atoms with van der Waals surface area (Å²) in [6.45, 7) is 2.17. The van der Waals surface area contributed by atoms with Gasteiger partial charge in [0.2, 0.25) is 0 Å². The van der Waals surface area contributed by atoms with E-state index in [2.05, 4.69) is 6.92 Å². The van der Waals surface area contributed by atoms with Gasteiger partial charge < -0.3 is 9.84 Å². The number of halogens is 1. The van der Waals surface area contributed by atoms with Crippen molar-refractivity contribution < 1.29 is 14.2 Å². The van der Waals surface area contributed by atoms with Crippen LogP contribution in [0.3, 0.4) is 0 Å². The lowest BCUT2D eigenvalue weighted by molar-refractivity contribution is -0.134. The quantitative estimate of drug-likeness (QED) is 0.892. The van der Waals surface area contributed by atoms with Crippen molar-refractivity contribution in [3.05, 3.63) is 35.6 Å². The molecule has 0 saturated heterocycles. The Bertz CT molecular complexity index is 407. The lowest BCUT2D eigenvalue weighted by Crippen LogP contribution is -2.42. The van der Waals surface area contributed by atoms with E-state index in [1.54, 1.807) is 19.2 Å². The summed E-state index contributed by atoms with van der Waals surface area (Å²) in [5.74, 6) is 0.212. The van der Waals surface area contributed by atoms with Gasteiger partial charge in [0.05, 0.1) is 5.60 Å². The van der Waals surface area contributed by atoms with Crippen LogP contribution in [0.25, 0.3) is 0 Å². The second kappa shape index (κ2) is 5.37. The Hall–Kier alpha value is -0.930. The minimum Gasteiger partial charge on any atom is -0.385 e. The summed E-state index contributed by atoms with van der Waals surface area (Å²) in [4.78, 5) is 0. The second-order valence-corrected chi connectivity index (χ2v) is 5.43. The molecule has 1 aromatic rings. The third-order valence-corrected chi connectivity index (χ3v) is 4.06. The predicted molar refractivity (Wildman–Crippen MR) is 68.7 cm³/mol. The van der Waals surface area contributed by atoms with Gasteiger partial charge in [0, 0.05) is 7.11 Å². The van der Waals surface area contributed by atoms with Crippen LogP contribution in [0.2, 0.25) is 0 Å². The van der Waals surface area contributed by atoms with Crippen LogP contribution in [0.1, 0.15) is 44.3 Å². The van der Waals surface area contributed by atoms with Crippen LogP contribution >= 0.6 is 0 Å². The summed E-state index contributed by atoms with van der Waals surface area (Å²) in [5, 5.41) is 10.5. The van der Waals surface area contributed by atoms with Gasteiger partial charge in [0.15, 0.2) is 0 Å². The highest BCUT2D eigenvalue weighted by molar-refractivity contribution is 5.22. The summed E-state index contributed by atoms with van der Waals surface area (Å²) in [6, 6.07) is 6.17. The van der Waals surface area contributed by atoms with E-state index in [4.69, 9.17) is 4.74 Å². The van der Waals surface area contributed by atoms with E-state index in [1.165, 1.54) is 18.6 Å². The van der Waals surface area contributed by atoms with Crippen molar-refractivity contribution in [3.8, 4) is 0 Å². The van der Waals surface area contributed by atoms with E-state index in [-0.39, 0.29) is 5.82 Å². The van der Waals surface area contributed by atoms with E-state index in [0.29, 0.717) is 11.5 Å². The molecule has 1 saturated carbocycles. The summed E-state index contributed by atoms with van der Waals surface area (Å²) in [7, 11) is 1.64. The van der Waals surface area contributed by atoms with Crippen LogP contribution in [0.4, 0.5) is 4.39 Å². The molecule has 3 unspecified atom stereocenters. The van der Waals surface area contributed by atoms with Crippen molar-refractivity contribution in [2.45, 2.75) is 44.3 Å². The number of aliphatic hydroxyl groups is 1. The molecule has 3 heteroatoms. The molecular formula is C15H21FO2. The molecule has 0 aliphatic heterocycles. The van der Waals surface area contributed by atoms with E-state index in [1.807, 2.05) is 0 Å². The number of hydrogen-bond donors (Lipinski definition) is 1. The first kappa shape index (κ1) is 13.5. The standard InChI is InChI=1S/C15H21FO2/c1-11-5-4-8-15(10-11,18-2)14(17)12-6-3-7-13(16)9-12/h3,6-7,9,11,14,17H,4-5,8,10H2,1-2H3. The molecule has 1 aliphatic carbocycles.